The highest BCUT2D eigenvalue weighted by Gasteiger charge is 2.27. The number of rotatable bonds is 4. The molecule has 4 nitrogen and oxygen atoms in total. The minimum atomic E-state index is -0.0933. The summed E-state index contributed by atoms with van der Waals surface area (Å²) >= 11 is 0. The van der Waals surface area contributed by atoms with E-state index in [1.807, 2.05) is 0 Å². The molecule has 0 saturated heterocycles. The Bertz CT molecular complexity index is 2670. The van der Waals surface area contributed by atoms with E-state index in [1.54, 1.807) is 0 Å². The number of fused-ring (bicyclic) bond motifs is 9. The van der Waals surface area contributed by atoms with Gasteiger partial charge in [-0.15, -0.1) is 0 Å². The lowest BCUT2D eigenvalue weighted by atomic mass is 10.0. The molecular weight excluding hydrogens is 585 g/mol. The van der Waals surface area contributed by atoms with Crippen molar-refractivity contribution in [3.8, 4) is 11.4 Å². The summed E-state index contributed by atoms with van der Waals surface area (Å²) in [5, 5.41) is 8.71. The maximum Gasteiger partial charge on any atom is 0.123 e. The van der Waals surface area contributed by atoms with E-state index in [9.17, 15) is 0 Å². The highest BCUT2D eigenvalue weighted by molar-refractivity contribution is 6.29. The molecule has 0 bridgehead atoms. The Kier molecular flexibility index (Phi) is 5.97. The first-order valence-corrected chi connectivity index (χ1v) is 16.6. The van der Waals surface area contributed by atoms with Crippen LogP contribution in [-0.4, -0.2) is 13.7 Å². The van der Waals surface area contributed by atoms with Crippen molar-refractivity contribution < 1.29 is 0 Å². The van der Waals surface area contributed by atoms with Gasteiger partial charge in [0.05, 0.1) is 33.1 Å². The molecule has 3 aromatic heterocycles. The van der Waals surface area contributed by atoms with Crippen LogP contribution in [0.15, 0.2) is 181 Å². The topological polar surface area (TPSA) is 26.8 Å². The quantitative estimate of drug-likeness (QED) is 0.209. The van der Waals surface area contributed by atoms with Gasteiger partial charge in [0.25, 0.3) is 0 Å². The fraction of sp³-hybridized carbons (Fsp3) is 0.0455. The number of dihydropyridines is 1. The van der Waals surface area contributed by atoms with Gasteiger partial charge in [-0.25, -0.2) is 0 Å². The third-order valence-electron chi connectivity index (χ3n) is 9.89. The summed E-state index contributed by atoms with van der Waals surface area (Å²) in [6.07, 6.45) is 18.6. The van der Waals surface area contributed by atoms with Crippen molar-refractivity contribution in [3.63, 3.8) is 0 Å². The molecule has 48 heavy (non-hydrogen) atoms. The molecule has 10 rings (SSSR count). The van der Waals surface area contributed by atoms with E-state index in [0.29, 0.717) is 0 Å². The molecule has 8 aromatic rings. The summed E-state index contributed by atoms with van der Waals surface area (Å²) in [6.45, 7) is 0. The average Bonchev–Trinajstić information content (AvgIpc) is 3.68. The molecule has 5 aromatic carbocycles. The van der Waals surface area contributed by atoms with Crippen molar-refractivity contribution in [2.75, 3.05) is 0 Å². The summed E-state index contributed by atoms with van der Waals surface area (Å²) in [7, 11) is 0. The Balaban J connectivity index is 1.41. The molecule has 228 valence electrons. The number of hydrogen-bond donors (Lipinski definition) is 1. The van der Waals surface area contributed by atoms with Crippen LogP contribution in [0.3, 0.4) is 0 Å². The van der Waals surface area contributed by atoms with Crippen LogP contribution in [0, 0.1) is 0 Å². The van der Waals surface area contributed by atoms with Crippen molar-refractivity contribution in [2.24, 2.45) is 0 Å². The number of nitrogens with zero attached hydrogens (tertiary/aromatic N) is 3. The van der Waals surface area contributed by atoms with Crippen LogP contribution in [0.4, 0.5) is 0 Å². The lowest BCUT2D eigenvalue weighted by molar-refractivity contribution is 0.575. The van der Waals surface area contributed by atoms with Gasteiger partial charge < -0.3 is 19.0 Å². The lowest BCUT2D eigenvalue weighted by Gasteiger charge is -2.23. The Morgan fingerprint density at radius 1 is 0.521 bits per heavy atom. The van der Waals surface area contributed by atoms with E-state index in [4.69, 9.17) is 0 Å². The molecular formula is C44H32N4. The third kappa shape index (κ3) is 3.90. The molecule has 0 spiro atoms. The van der Waals surface area contributed by atoms with Gasteiger partial charge in [-0.1, -0.05) is 109 Å². The standard InChI is InChI=1S/C44H32N4/c1-2-6-16-30(15-5-1)31-27-28-45-40(29-31)48-37-23-13-11-21-34(37)35-25-26-39-41(42(35)48)44-43(47(39)33-19-9-4-10-20-33)36-22-12-14-24-38(36)46(44)32-17-7-3-8-18-32/h1,3-29,40,45H,2H2. The van der Waals surface area contributed by atoms with E-state index < -0.39 is 0 Å². The van der Waals surface area contributed by atoms with Gasteiger partial charge in [0.2, 0.25) is 0 Å². The van der Waals surface area contributed by atoms with Gasteiger partial charge in [-0.05, 0) is 78.4 Å². The van der Waals surface area contributed by atoms with Gasteiger partial charge >= 0.3 is 0 Å². The molecule has 4 heteroatoms. The van der Waals surface area contributed by atoms with Crippen molar-refractivity contribution in [2.45, 2.75) is 12.6 Å². The van der Waals surface area contributed by atoms with Crippen molar-refractivity contribution in [1.82, 2.24) is 19.0 Å². The summed E-state index contributed by atoms with van der Waals surface area (Å²) in [5.41, 5.74) is 12.0. The zero-order chi connectivity index (χ0) is 31.6. The Labute approximate surface area is 278 Å². The van der Waals surface area contributed by atoms with E-state index in [0.717, 1.165) is 17.8 Å². The molecule has 0 amide bonds. The Morgan fingerprint density at radius 3 is 2.00 bits per heavy atom. The number of para-hydroxylation sites is 4. The van der Waals surface area contributed by atoms with Gasteiger partial charge in [-0.2, -0.15) is 0 Å². The second kappa shape index (κ2) is 10.6. The Hall–Kier alpha value is -6.26. The highest BCUT2D eigenvalue weighted by atomic mass is 15.2. The van der Waals surface area contributed by atoms with Gasteiger partial charge in [-0.3, -0.25) is 0 Å². The van der Waals surface area contributed by atoms with E-state index in [1.165, 1.54) is 65.8 Å². The summed E-state index contributed by atoms with van der Waals surface area (Å²) in [6, 6.07) is 43.9. The molecule has 1 aliphatic heterocycles. The monoisotopic (exact) mass is 616 g/mol. The molecule has 4 heterocycles. The smallest absolute Gasteiger partial charge is 0.123 e. The first-order valence-electron chi connectivity index (χ1n) is 16.6. The summed E-state index contributed by atoms with van der Waals surface area (Å²) < 4.78 is 7.46. The molecule has 0 saturated carbocycles. The predicted octanol–water partition coefficient (Wildman–Crippen LogP) is 10.8. The number of aromatic nitrogens is 3. The first-order chi connectivity index (χ1) is 23.9. The predicted molar refractivity (Wildman–Crippen MR) is 201 cm³/mol. The fourth-order valence-electron chi connectivity index (χ4n) is 7.90. The molecule has 1 aliphatic carbocycles. The molecule has 2 aliphatic rings. The molecule has 1 unspecified atom stereocenters. The highest BCUT2D eigenvalue weighted by Crippen LogP contribution is 2.46. The van der Waals surface area contributed by atoms with Gasteiger partial charge in [0.1, 0.15) is 6.17 Å². The van der Waals surface area contributed by atoms with Gasteiger partial charge in [0, 0.05) is 32.9 Å². The van der Waals surface area contributed by atoms with Crippen LogP contribution in [0.25, 0.3) is 66.0 Å². The zero-order valence-corrected chi connectivity index (χ0v) is 26.3. The van der Waals surface area contributed by atoms with Crippen LogP contribution in [0.1, 0.15) is 12.6 Å². The van der Waals surface area contributed by atoms with Crippen molar-refractivity contribution in [3.05, 3.63) is 181 Å². The van der Waals surface area contributed by atoms with Crippen LogP contribution in [0.2, 0.25) is 0 Å². The number of benzene rings is 5. The molecule has 1 N–H and O–H groups in total. The maximum atomic E-state index is 3.74. The fourth-order valence-corrected chi connectivity index (χ4v) is 7.90. The average molecular weight is 617 g/mol. The minimum Gasteiger partial charge on any atom is -0.368 e. The largest absolute Gasteiger partial charge is 0.368 e. The second-order valence-corrected chi connectivity index (χ2v) is 12.6. The molecule has 0 radical (unpaired) electrons. The normalized spacial score (nSPS) is 16.2. The van der Waals surface area contributed by atoms with Crippen molar-refractivity contribution in [1.29, 1.82) is 0 Å². The number of allylic oxidation sites excluding steroid dienone is 8. The summed E-state index contributed by atoms with van der Waals surface area (Å²) in [4.78, 5) is 0. The van der Waals surface area contributed by atoms with Gasteiger partial charge in [0.15, 0.2) is 0 Å². The Morgan fingerprint density at radius 2 is 1.21 bits per heavy atom. The van der Waals surface area contributed by atoms with Crippen LogP contribution < -0.4 is 5.32 Å². The van der Waals surface area contributed by atoms with E-state index >= 15 is 0 Å². The number of nitrogens with one attached hydrogen (secondary N) is 1. The van der Waals surface area contributed by atoms with Crippen LogP contribution >= 0.6 is 0 Å². The van der Waals surface area contributed by atoms with E-state index in [2.05, 4.69) is 189 Å². The number of hydrogen-bond acceptors (Lipinski definition) is 1. The van der Waals surface area contributed by atoms with Crippen LogP contribution in [0.5, 0.6) is 0 Å². The maximum absolute atomic E-state index is 3.74. The first kappa shape index (κ1) is 26.9. The molecule has 1 atom stereocenters. The van der Waals surface area contributed by atoms with E-state index in [-0.39, 0.29) is 6.17 Å². The van der Waals surface area contributed by atoms with Crippen molar-refractivity contribution >= 4 is 54.6 Å². The zero-order valence-electron chi connectivity index (χ0n) is 26.3. The lowest BCUT2D eigenvalue weighted by Crippen LogP contribution is -2.23. The molecule has 0 fully saturated rings. The second-order valence-electron chi connectivity index (χ2n) is 12.6. The van der Waals surface area contributed by atoms with Crippen LogP contribution in [-0.2, 0) is 0 Å². The minimum absolute atomic E-state index is 0.0933. The SMILES string of the molecule is C1=CCC=CC(C2=CC(n3c4ccccc4c4ccc5c(c6c(c7ccccc7n6-c6ccccc6)n5-c5ccccc5)c43)NC=C2)=C1. The third-order valence-corrected chi connectivity index (χ3v) is 9.89. The summed E-state index contributed by atoms with van der Waals surface area (Å²) in [5.74, 6) is 0.